The van der Waals surface area contributed by atoms with Gasteiger partial charge in [-0.1, -0.05) is 44.2 Å². The Bertz CT molecular complexity index is 1390. The maximum Gasteiger partial charge on any atom is 0.256 e. The van der Waals surface area contributed by atoms with Gasteiger partial charge in [-0.15, -0.1) is 0 Å². The molecule has 8 nitrogen and oxygen atoms in total. The molecule has 0 spiro atoms. The molecule has 2 unspecified atom stereocenters. The van der Waals surface area contributed by atoms with Crippen molar-refractivity contribution >= 4 is 28.2 Å². The number of likely N-dealkylation sites (tertiary alicyclic amines) is 1. The number of unbranched alkanes of at least 4 members (excludes halogenated alkanes) is 1. The highest BCUT2D eigenvalue weighted by atomic mass is 16.5. The lowest BCUT2D eigenvalue weighted by Gasteiger charge is -2.36. The Hall–Kier alpha value is -3.62. The topological polar surface area (TPSA) is 77.1 Å². The largest absolute Gasteiger partial charge is 0.482 e. The lowest BCUT2D eigenvalue weighted by Crippen LogP contribution is -2.43. The fraction of sp³-hybridized carbons (Fsp3) is 0.500. The standard InChI is InChI=1S/C34H45N5O3.C2H6/c1-24-28-13-14-30(35-15-7-8-17-37(3)4)25(2)42-32-22-27-12-6-5-11-26(27)21-31(32)39(24)23-29(33(28)40)34(41)36-16-20-38-18-9-10-19-38;1-2/h5-6,11-14,21-25,35H,7-10,15-20H2,1-4H3,(H,36,41);1-2H3/b28-13+,30-14+;. The first-order valence-electron chi connectivity index (χ1n) is 16.4. The minimum atomic E-state index is -0.334. The molecule has 1 amide bonds. The van der Waals surface area contributed by atoms with E-state index in [0.717, 1.165) is 67.7 Å². The summed E-state index contributed by atoms with van der Waals surface area (Å²) in [6.45, 7) is 13.3. The first-order chi connectivity index (χ1) is 21.3. The molecule has 3 aliphatic heterocycles. The van der Waals surface area contributed by atoms with Crippen LogP contribution in [0, 0.1) is 0 Å². The molecule has 0 aliphatic carbocycles. The van der Waals surface area contributed by atoms with Gasteiger partial charge in [-0.05, 0) is 102 Å². The number of nitrogens with one attached hydrogen (secondary N) is 2. The van der Waals surface area contributed by atoms with Crippen LogP contribution in [0.1, 0.15) is 53.4 Å². The van der Waals surface area contributed by atoms with Crippen molar-refractivity contribution in [2.75, 3.05) is 58.3 Å². The summed E-state index contributed by atoms with van der Waals surface area (Å²) in [5, 5.41) is 8.72. The highest BCUT2D eigenvalue weighted by Crippen LogP contribution is 2.39. The second-order valence-electron chi connectivity index (χ2n) is 11.9. The fourth-order valence-electron chi connectivity index (χ4n) is 5.95. The lowest BCUT2D eigenvalue weighted by molar-refractivity contribution is -0.121. The SMILES string of the molecule is CC.CC1Oc2cc3ccccc3cc2N2C=C(C(=O)NCCN3CCCC3)C(=O)/C(=C/C=C\1NCCCCN(C)C)C2C. The molecule has 0 aromatic heterocycles. The molecule has 0 radical (unpaired) electrons. The maximum absolute atomic E-state index is 13.8. The van der Waals surface area contributed by atoms with Crippen LogP contribution in [-0.4, -0.2) is 87.0 Å². The molecule has 1 fully saturated rings. The van der Waals surface area contributed by atoms with Gasteiger partial charge in [0.1, 0.15) is 17.4 Å². The molecular weight excluding hydrogens is 550 g/mol. The van der Waals surface area contributed by atoms with Gasteiger partial charge in [0.25, 0.3) is 5.91 Å². The van der Waals surface area contributed by atoms with Crippen LogP contribution in [0.2, 0.25) is 0 Å². The van der Waals surface area contributed by atoms with E-state index < -0.39 is 0 Å². The molecule has 5 rings (SSSR count). The Balaban J connectivity index is 0.00000216. The number of carbonyl (C=O) groups is 2. The van der Waals surface area contributed by atoms with E-state index >= 15 is 0 Å². The van der Waals surface area contributed by atoms with Crippen molar-refractivity contribution in [3.8, 4) is 5.75 Å². The van der Waals surface area contributed by atoms with Crippen molar-refractivity contribution in [1.29, 1.82) is 0 Å². The van der Waals surface area contributed by atoms with Crippen LogP contribution in [0.4, 0.5) is 5.69 Å². The van der Waals surface area contributed by atoms with Gasteiger partial charge >= 0.3 is 0 Å². The van der Waals surface area contributed by atoms with E-state index in [4.69, 9.17) is 4.74 Å². The van der Waals surface area contributed by atoms with Gasteiger partial charge in [0.05, 0.1) is 17.4 Å². The van der Waals surface area contributed by atoms with Crippen molar-refractivity contribution in [2.45, 2.75) is 65.5 Å². The van der Waals surface area contributed by atoms with Crippen LogP contribution in [-0.2, 0) is 9.59 Å². The average Bonchev–Trinajstić information content (AvgIpc) is 3.53. The van der Waals surface area contributed by atoms with E-state index in [2.05, 4.69) is 58.8 Å². The van der Waals surface area contributed by atoms with E-state index in [9.17, 15) is 9.59 Å². The zero-order valence-corrected chi connectivity index (χ0v) is 27.5. The smallest absolute Gasteiger partial charge is 0.256 e. The molecule has 2 aromatic carbocycles. The summed E-state index contributed by atoms with van der Waals surface area (Å²) in [5.74, 6) is 0.156. The summed E-state index contributed by atoms with van der Waals surface area (Å²) in [5.41, 5.74) is 2.48. The van der Waals surface area contributed by atoms with Gasteiger partial charge in [-0.25, -0.2) is 0 Å². The van der Waals surface area contributed by atoms with Gasteiger partial charge in [0.15, 0.2) is 5.78 Å². The molecule has 44 heavy (non-hydrogen) atoms. The van der Waals surface area contributed by atoms with E-state index in [-0.39, 0.29) is 29.4 Å². The summed E-state index contributed by atoms with van der Waals surface area (Å²) in [6, 6.07) is 12.1. The molecule has 3 aliphatic rings. The third kappa shape index (κ3) is 8.10. The Labute approximate surface area is 263 Å². The number of amides is 1. The third-order valence-corrected chi connectivity index (χ3v) is 8.45. The van der Waals surface area contributed by atoms with Crippen LogP contribution >= 0.6 is 0 Å². The lowest BCUT2D eigenvalue weighted by atomic mass is 9.91. The van der Waals surface area contributed by atoms with Crippen molar-refractivity contribution in [3.05, 3.63) is 71.6 Å². The Morgan fingerprint density at radius 2 is 1.70 bits per heavy atom. The monoisotopic (exact) mass is 601 g/mol. The number of anilines is 1. The van der Waals surface area contributed by atoms with Gasteiger partial charge in [-0.3, -0.25) is 9.59 Å². The number of hydrogen-bond acceptors (Lipinski definition) is 7. The van der Waals surface area contributed by atoms with Crippen LogP contribution in [0.25, 0.3) is 10.8 Å². The first kappa shape index (κ1) is 33.3. The molecule has 2 N–H and O–H groups in total. The van der Waals surface area contributed by atoms with E-state index in [1.54, 1.807) is 6.20 Å². The molecule has 238 valence electrons. The molecule has 2 aromatic rings. The number of rotatable bonds is 10. The van der Waals surface area contributed by atoms with Crippen LogP contribution in [0.15, 0.2) is 71.6 Å². The zero-order valence-electron chi connectivity index (χ0n) is 27.5. The summed E-state index contributed by atoms with van der Waals surface area (Å²) in [6.07, 6.45) is 9.79. The highest BCUT2D eigenvalue weighted by molar-refractivity contribution is 6.27. The summed E-state index contributed by atoms with van der Waals surface area (Å²) in [4.78, 5) is 33.8. The van der Waals surface area contributed by atoms with Crippen LogP contribution in [0.5, 0.6) is 5.75 Å². The van der Waals surface area contributed by atoms with Gasteiger partial charge < -0.3 is 30.1 Å². The number of nitrogens with zero attached hydrogens (tertiary/aromatic N) is 3. The highest BCUT2D eigenvalue weighted by Gasteiger charge is 2.35. The summed E-state index contributed by atoms with van der Waals surface area (Å²) in [7, 11) is 4.17. The predicted octanol–water partition coefficient (Wildman–Crippen LogP) is 5.26. The van der Waals surface area contributed by atoms with Crippen LogP contribution in [0.3, 0.4) is 0 Å². The number of allylic oxidation sites excluding steroid dienone is 2. The number of hydrogen-bond donors (Lipinski definition) is 2. The van der Waals surface area contributed by atoms with E-state index in [1.807, 2.05) is 56.9 Å². The Morgan fingerprint density at radius 3 is 2.41 bits per heavy atom. The number of benzene rings is 2. The number of carbonyl (C=O) groups excluding carboxylic acids is 2. The summed E-state index contributed by atoms with van der Waals surface area (Å²) < 4.78 is 6.64. The second-order valence-corrected chi connectivity index (χ2v) is 11.9. The minimum Gasteiger partial charge on any atom is -0.482 e. The second kappa shape index (κ2) is 15.9. The first-order valence-corrected chi connectivity index (χ1v) is 16.4. The molecule has 2 bridgehead atoms. The molecule has 8 heteroatoms. The number of ether oxygens (including phenoxy) is 1. The van der Waals surface area contributed by atoms with Crippen molar-refractivity contribution in [3.63, 3.8) is 0 Å². The van der Waals surface area contributed by atoms with Gasteiger partial charge in [0, 0.05) is 31.4 Å². The summed E-state index contributed by atoms with van der Waals surface area (Å²) >= 11 is 0. The Morgan fingerprint density at radius 1 is 1.00 bits per heavy atom. The number of Topliss-reactive ketones (excluding diaryl/α,β-unsaturated/α-hetero) is 1. The van der Waals surface area contributed by atoms with Gasteiger partial charge in [0.2, 0.25) is 0 Å². The van der Waals surface area contributed by atoms with Crippen LogP contribution < -0.4 is 20.3 Å². The maximum atomic E-state index is 13.8. The molecule has 0 saturated carbocycles. The van der Waals surface area contributed by atoms with E-state index in [1.165, 1.54) is 12.8 Å². The predicted molar refractivity (Wildman–Crippen MR) is 181 cm³/mol. The molecule has 3 heterocycles. The van der Waals surface area contributed by atoms with Gasteiger partial charge in [-0.2, -0.15) is 0 Å². The Kier molecular flexibility index (Phi) is 12.0. The van der Waals surface area contributed by atoms with E-state index in [0.29, 0.717) is 17.9 Å². The quantitative estimate of drug-likeness (QED) is 0.284. The number of ketones is 1. The molecule has 1 saturated heterocycles. The van der Waals surface area contributed by atoms with Crippen molar-refractivity contribution < 1.29 is 14.3 Å². The minimum absolute atomic E-state index is 0.153. The number of fused-ring (bicyclic) bond motifs is 5. The van der Waals surface area contributed by atoms with Crippen molar-refractivity contribution in [1.82, 2.24) is 20.4 Å². The zero-order chi connectivity index (χ0) is 31.6. The third-order valence-electron chi connectivity index (χ3n) is 8.45. The average molecular weight is 602 g/mol. The molecule has 2 atom stereocenters. The molecular formula is C36H51N5O3. The normalized spacial score (nSPS) is 22.5. The fourth-order valence-corrected chi connectivity index (χ4v) is 5.95. The van der Waals surface area contributed by atoms with Crippen molar-refractivity contribution in [2.24, 2.45) is 0 Å².